The molecule has 0 aromatic rings. The van der Waals surface area contributed by atoms with Crippen molar-refractivity contribution in [3.63, 3.8) is 0 Å². The van der Waals surface area contributed by atoms with Crippen molar-refractivity contribution in [2.24, 2.45) is 51.8 Å². The van der Waals surface area contributed by atoms with Crippen molar-refractivity contribution in [2.75, 3.05) is 0 Å². The van der Waals surface area contributed by atoms with Crippen LogP contribution in [0.3, 0.4) is 0 Å². The Morgan fingerprint density at radius 3 is 2.35 bits per heavy atom. The highest BCUT2D eigenvalue weighted by atomic mass is 16.3. The van der Waals surface area contributed by atoms with E-state index >= 15 is 0 Å². The molecule has 4 rings (SSSR count). The highest BCUT2D eigenvalue weighted by Crippen LogP contribution is 2.68. The van der Waals surface area contributed by atoms with Gasteiger partial charge < -0.3 is 9.90 Å². The van der Waals surface area contributed by atoms with Gasteiger partial charge in [-0.1, -0.05) is 72.5 Å². The summed E-state index contributed by atoms with van der Waals surface area (Å²) in [5.41, 5.74) is 1.81. The molecular weight excluding hydrogens is 380 g/mol. The van der Waals surface area contributed by atoms with Crippen LogP contribution in [0, 0.1) is 51.8 Å². The molecular formula is C29H48O2. The Labute approximate surface area is 191 Å². The lowest BCUT2D eigenvalue weighted by Crippen LogP contribution is -2.57. The van der Waals surface area contributed by atoms with Gasteiger partial charge in [-0.15, -0.1) is 0 Å². The molecule has 2 nitrogen and oxygen atoms in total. The van der Waals surface area contributed by atoms with Crippen LogP contribution in [0.15, 0.2) is 11.6 Å². The molecule has 0 radical (unpaired) electrons. The van der Waals surface area contributed by atoms with E-state index in [2.05, 4.69) is 40.7 Å². The summed E-state index contributed by atoms with van der Waals surface area (Å²) in [4.78, 5) is 12.1. The summed E-state index contributed by atoms with van der Waals surface area (Å²) in [5.74, 6) is 4.17. The Morgan fingerprint density at radius 1 is 1.00 bits per heavy atom. The fourth-order valence-electron chi connectivity index (χ4n) is 9.25. The van der Waals surface area contributed by atoms with Gasteiger partial charge in [-0.25, -0.2) is 0 Å². The van der Waals surface area contributed by atoms with Gasteiger partial charge in [-0.3, -0.25) is 0 Å². The second-order valence-corrected chi connectivity index (χ2v) is 13.2. The fraction of sp³-hybridized carbons (Fsp3) is 0.897. The minimum absolute atomic E-state index is 0.168. The molecule has 31 heavy (non-hydrogen) atoms. The number of rotatable bonds is 6. The van der Waals surface area contributed by atoms with Gasteiger partial charge in [0.05, 0.1) is 11.5 Å². The van der Waals surface area contributed by atoms with E-state index in [-0.39, 0.29) is 11.3 Å². The molecule has 3 fully saturated rings. The summed E-state index contributed by atoms with van der Waals surface area (Å²) in [6, 6.07) is 0. The second-order valence-electron chi connectivity index (χ2n) is 13.2. The number of aldehydes is 1. The topological polar surface area (TPSA) is 37.3 Å². The minimum atomic E-state index is -0.584. The molecule has 2 heteroatoms. The van der Waals surface area contributed by atoms with Crippen LogP contribution in [0.4, 0.5) is 0 Å². The quantitative estimate of drug-likeness (QED) is 0.358. The van der Waals surface area contributed by atoms with Gasteiger partial charge in [0.25, 0.3) is 0 Å². The van der Waals surface area contributed by atoms with Gasteiger partial charge in [0, 0.05) is 0 Å². The molecule has 4 aliphatic rings. The SMILES string of the molecule is CC(C)CCCC(C)C1CCC2C3=CCC4C(C)(C=O)C(O)CCC4(C)C3CCC21C. The van der Waals surface area contributed by atoms with Crippen molar-refractivity contribution in [1.29, 1.82) is 0 Å². The third kappa shape index (κ3) is 3.58. The Balaban J connectivity index is 1.56. The van der Waals surface area contributed by atoms with Crippen LogP contribution in [0.1, 0.15) is 106 Å². The van der Waals surface area contributed by atoms with Gasteiger partial charge in [0.15, 0.2) is 0 Å². The Bertz CT molecular complexity index is 710. The Morgan fingerprint density at radius 2 is 1.68 bits per heavy atom. The van der Waals surface area contributed by atoms with Crippen molar-refractivity contribution in [3.05, 3.63) is 11.6 Å². The van der Waals surface area contributed by atoms with E-state index in [0.29, 0.717) is 11.3 Å². The molecule has 0 saturated heterocycles. The van der Waals surface area contributed by atoms with Crippen LogP contribution in [0.5, 0.6) is 0 Å². The third-order valence-corrected chi connectivity index (χ3v) is 11.2. The molecule has 3 saturated carbocycles. The van der Waals surface area contributed by atoms with Gasteiger partial charge in [-0.2, -0.15) is 0 Å². The molecule has 0 aromatic heterocycles. The van der Waals surface area contributed by atoms with E-state index in [1.54, 1.807) is 5.57 Å². The molecule has 9 unspecified atom stereocenters. The predicted octanol–water partition coefficient (Wildman–Crippen LogP) is 7.20. The molecule has 1 N–H and O–H groups in total. The summed E-state index contributed by atoms with van der Waals surface area (Å²) in [5, 5.41) is 10.7. The maximum Gasteiger partial charge on any atom is 0.128 e. The van der Waals surface area contributed by atoms with Crippen LogP contribution in [0.2, 0.25) is 0 Å². The fourth-order valence-corrected chi connectivity index (χ4v) is 9.25. The first-order valence-corrected chi connectivity index (χ1v) is 13.4. The highest BCUT2D eigenvalue weighted by Gasteiger charge is 2.62. The van der Waals surface area contributed by atoms with Crippen molar-refractivity contribution in [3.8, 4) is 0 Å². The summed E-state index contributed by atoms with van der Waals surface area (Å²) in [6.45, 7) is 14.4. The largest absolute Gasteiger partial charge is 0.392 e. The first-order valence-electron chi connectivity index (χ1n) is 13.4. The monoisotopic (exact) mass is 428 g/mol. The van der Waals surface area contributed by atoms with Crippen LogP contribution < -0.4 is 0 Å². The van der Waals surface area contributed by atoms with Gasteiger partial charge in [0.2, 0.25) is 0 Å². The molecule has 0 bridgehead atoms. The molecule has 0 heterocycles. The molecule has 9 atom stereocenters. The molecule has 176 valence electrons. The predicted molar refractivity (Wildman–Crippen MR) is 129 cm³/mol. The van der Waals surface area contributed by atoms with E-state index in [1.807, 2.05) is 6.92 Å². The highest BCUT2D eigenvalue weighted by molar-refractivity contribution is 5.61. The van der Waals surface area contributed by atoms with Crippen molar-refractivity contribution in [2.45, 2.75) is 112 Å². The van der Waals surface area contributed by atoms with Crippen molar-refractivity contribution < 1.29 is 9.90 Å². The van der Waals surface area contributed by atoms with Gasteiger partial charge in [-0.05, 0) is 91.3 Å². The summed E-state index contributed by atoms with van der Waals surface area (Å²) >= 11 is 0. The zero-order chi connectivity index (χ0) is 22.6. The lowest BCUT2D eigenvalue weighted by molar-refractivity contribution is -0.152. The zero-order valence-corrected chi connectivity index (χ0v) is 21.1. The first kappa shape index (κ1) is 23.5. The van der Waals surface area contributed by atoms with E-state index in [9.17, 15) is 9.90 Å². The minimum Gasteiger partial charge on any atom is -0.392 e. The number of carbonyl (C=O) groups excluding carboxylic acids is 1. The number of aliphatic hydroxyl groups is 1. The number of fused-ring (bicyclic) bond motifs is 5. The lowest BCUT2D eigenvalue weighted by atomic mass is 9.43. The smallest absolute Gasteiger partial charge is 0.128 e. The zero-order valence-electron chi connectivity index (χ0n) is 21.1. The Kier molecular flexibility index (Phi) is 6.30. The Hall–Kier alpha value is -0.630. The average molecular weight is 429 g/mol. The first-order chi connectivity index (χ1) is 14.6. The van der Waals surface area contributed by atoms with E-state index < -0.39 is 11.5 Å². The maximum atomic E-state index is 12.1. The van der Waals surface area contributed by atoms with Crippen molar-refractivity contribution in [1.82, 2.24) is 0 Å². The van der Waals surface area contributed by atoms with Crippen LogP contribution in [0.25, 0.3) is 0 Å². The van der Waals surface area contributed by atoms with E-state index in [1.165, 1.54) is 44.9 Å². The number of aliphatic hydroxyl groups excluding tert-OH is 1. The van der Waals surface area contributed by atoms with Gasteiger partial charge >= 0.3 is 0 Å². The normalized spacial score (nSPS) is 47.9. The summed E-state index contributed by atoms with van der Waals surface area (Å²) in [6.07, 6.45) is 15.6. The maximum absolute atomic E-state index is 12.1. The molecule has 0 aliphatic heterocycles. The lowest BCUT2D eigenvalue weighted by Gasteiger charge is -2.61. The number of hydrogen-bond acceptors (Lipinski definition) is 2. The molecule has 0 spiro atoms. The summed E-state index contributed by atoms with van der Waals surface area (Å²) in [7, 11) is 0. The summed E-state index contributed by atoms with van der Waals surface area (Å²) < 4.78 is 0. The number of hydrogen-bond donors (Lipinski definition) is 1. The van der Waals surface area contributed by atoms with Crippen LogP contribution in [-0.2, 0) is 4.79 Å². The van der Waals surface area contributed by atoms with Gasteiger partial charge in [0.1, 0.15) is 6.29 Å². The van der Waals surface area contributed by atoms with Crippen molar-refractivity contribution >= 4 is 6.29 Å². The van der Waals surface area contributed by atoms with E-state index in [4.69, 9.17) is 0 Å². The molecule has 0 aromatic carbocycles. The molecule has 4 aliphatic carbocycles. The number of carbonyl (C=O) groups is 1. The average Bonchev–Trinajstić information content (AvgIpc) is 3.08. The number of allylic oxidation sites excluding steroid dienone is 2. The standard InChI is InChI=1S/C29H48O2/c1-19(2)8-7-9-20(3)22-11-12-23-21-10-13-25-28(5,24(21)14-16-27(22,23)4)17-15-26(31)29(25,6)18-30/h10,18-20,22-26,31H,7-9,11-17H2,1-6H3. The van der Waals surface area contributed by atoms with Crippen LogP contribution >= 0.6 is 0 Å². The second kappa shape index (κ2) is 8.30. The third-order valence-electron chi connectivity index (χ3n) is 11.2. The van der Waals surface area contributed by atoms with Crippen LogP contribution in [-0.4, -0.2) is 17.5 Å². The molecule has 0 amide bonds. The van der Waals surface area contributed by atoms with E-state index in [0.717, 1.165) is 49.2 Å².